The maximum atomic E-state index is 12.0. The SMILES string of the molecule is CC(C)(C)OCC(=O)N1CCC2(CC1)CNC(=O)C2. The number of nitrogens with one attached hydrogen (secondary N) is 1. The molecule has 2 heterocycles. The van der Waals surface area contributed by atoms with Crippen LogP contribution in [-0.2, 0) is 14.3 Å². The minimum atomic E-state index is -0.283. The van der Waals surface area contributed by atoms with Crippen molar-refractivity contribution in [2.24, 2.45) is 5.41 Å². The van der Waals surface area contributed by atoms with Crippen LogP contribution in [0.5, 0.6) is 0 Å². The van der Waals surface area contributed by atoms with Gasteiger partial charge in [0.15, 0.2) is 0 Å². The van der Waals surface area contributed by atoms with Crippen LogP contribution in [0.1, 0.15) is 40.0 Å². The Balaban J connectivity index is 1.80. The quantitative estimate of drug-likeness (QED) is 0.810. The van der Waals surface area contributed by atoms with E-state index in [9.17, 15) is 9.59 Å². The Morgan fingerprint density at radius 1 is 1.37 bits per heavy atom. The number of likely N-dealkylation sites (tertiary alicyclic amines) is 1. The maximum Gasteiger partial charge on any atom is 0.248 e. The van der Waals surface area contributed by atoms with Crippen LogP contribution in [0.2, 0.25) is 0 Å². The first-order valence-corrected chi connectivity index (χ1v) is 6.98. The average Bonchev–Trinajstić information content (AvgIpc) is 2.68. The molecule has 2 aliphatic heterocycles. The first-order valence-electron chi connectivity index (χ1n) is 6.98. The van der Waals surface area contributed by atoms with Gasteiger partial charge >= 0.3 is 0 Å². The van der Waals surface area contributed by atoms with Gasteiger partial charge in [0, 0.05) is 26.1 Å². The third kappa shape index (κ3) is 3.69. The smallest absolute Gasteiger partial charge is 0.248 e. The highest BCUT2D eigenvalue weighted by Crippen LogP contribution is 2.37. The third-order valence-corrected chi connectivity index (χ3v) is 4.00. The molecule has 2 amide bonds. The van der Waals surface area contributed by atoms with E-state index in [0.717, 1.165) is 32.5 Å². The van der Waals surface area contributed by atoms with Crippen molar-refractivity contribution in [1.29, 1.82) is 0 Å². The molecular weight excluding hydrogens is 244 g/mol. The standard InChI is InChI=1S/C14H24N2O3/c1-13(2,3)19-9-12(18)16-6-4-14(5-7-16)8-11(17)15-10-14/h4-10H2,1-3H3,(H,15,17). The van der Waals surface area contributed by atoms with Crippen LogP contribution in [0.3, 0.4) is 0 Å². The topological polar surface area (TPSA) is 58.6 Å². The van der Waals surface area contributed by atoms with Crippen LogP contribution >= 0.6 is 0 Å². The van der Waals surface area contributed by atoms with E-state index in [4.69, 9.17) is 4.74 Å². The molecule has 0 unspecified atom stereocenters. The van der Waals surface area contributed by atoms with E-state index in [1.54, 1.807) is 0 Å². The molecule has 2 fully saturated rings. The van der Waals surface area contributed by atoms with Gasteiger partial charge in [0.2, 0.25) is 11.8 Å². The zero-order valence-corrected chi connectivity index (χ0v) is 12.1. The molecule has 5 heteroatoms. The van der Waals surface area contributed by atoms with Gasteiger partial charge in [-0.3, -0.25) is 9.59 Å². The second-order valence-electron chi connectivity index (χ2n) is 6.74. The molecule has 0 atom stereocenters. The lowest BCUT2D eigenvalue weighted by Crippen LogP contribution is -2.45. The van der Waals surface area contributed by atoms with Gasteiger partial charge in [0.05, 0.1) is 5.60 Å². The van der Waals surface area contributed by atoms with E-state index in [-0.39, 0.29) is 29.4 Å². The molecule has 108 valence electrons. The average molecular weight is 268 g/mol. The Labute approximate surface area is 114 Å². The normalized spacial score (nSPS) is 22.7. The van der Waals surface area contributed by atoms with Crippen LogP contribution < -0.4 is 5.32 Å². The van der Waals surface area contributed by atoms with Gasteiger partial charge in [-0.25, -0.2) is 0 Å². The molecule has 0 saturated carbocycles. The Morgan fingerprint density at radius 3 is 2.47 bits per heavy atom. The molecule has 0 aromatic heterocycles. The van der Waals surface area contributed by atoms with Crippen molar-refractivity contribution < 1.29 is 14.3 Å². The van der Waals surface area contributed by atoms with E-state index >= 15 is 0 Å². The van der Waals surface area contributed by atoms with Crippen molar-refractivity contribution in [2.75, 3.05) is 26.2 Å². The minimum absolute atomic E-state index is 0.0575. The zero-order valence-electron chi connectivity index (χ0n) is 12.1. The van der Waals surface area contributed by atoms with Crippen LogP contribution in [0, 0.1) is 5.41 Å². The number of amides is 2. The molecule has 2 saturated heterocycles. The third-order valence-electron chi connectivity index (χ3n) is 4.00. The van der Waals surface area contributed by atoms with Gasteiger partial charge in [-0.2, -0.15) is 0 Å². The summed E-state index contributed by atoms with van der Waals surface area (Å²) in [6.07, 6.45) is 2.44. The summed E-state index contributed by atoms with van der Waals surface area (Å²) in [6.45, 7) is 8.23. The van der Waals surface area contributed by atoms with Crippen molar-refractivity contribution in [2.45, 2.75) is 45.6 Å². The van der Waals surface area contributed by atoms with Gasteiger partial charge in [0.1, 0.15) is 6.61 Å². The molecule has 19 heavy (non-hydrogen) atoms. The summed E-state index contributed by atoms with van der Waals surface area (Å²) in [5.74, 6) is 0.206. The number of nitrogens with zero attached hydrogens (tertiary/aromatic N) is 1. The first-order chi connectivity index (χ1) is 8.80. The number of hydrogen-bond acceptors (Lipinski definition) is 3. The Hall–Kier alpha value is -1.10. The maximum absolute atomic E-state index is 12.0. The van der Waals surface area contributed by atoms with Gasteiger partial charge in [-0.15, -0.1) is 0 Å². The van der Waals surface area contributed by atoms with E-state index in [1.165, 1.54) is 0 Å². The number of piperidine rings is 1. The van der Waals surface area contributed by atoms with Crippen molar-refractivity contribution in [3.63, 3.8) is 0 Å². The number of rotatable bonds is 2. The second kappa shape index (κ2) is 5.12. The van der Waals surface area contributed by atoms with E-state index in [0.29, 0.717) is 6.42 Å². The summed E-state index contributed by atoms with van der Waals surface area (Å²) in [4.78, 5) is 25.2. The van der Waals surface area contributed by atoms with E-state index in [1.807, 2.05) is 25.7 Å². The molecule has 1 spiro atoms. The summed E-state index contributed by atoms with van der Waals surface area (Å²) >= 11 is 0. The fourth-order valence-corrected chi connectivity index (χ4v) is 2.71. The fraction of sp³-hybridized carbons (Fsp3) is 0.857. The number of carbonyl (C=O) groups is 2. The van der Waals surface area contributed by atoms with Crippen LogP contribution in [0.4, 0.5) is 0 Å². The predicted octanol–water partition coefficient (Wildman–Crippen LogP) is 0.930. The highest BCUT2D eigenvalue weighted by molar-refractivity contribution is 5.80. The Kier molecular flexibility index (Phi) is 3.85. The lowest BCUT2D eigenvalue weighted by atomic mass is 9.77. The number of carbonyl (C=O) groups excluding carboxylic acids is 2. The van der Waals surface area contributed by atoms with Gasteiger partial charge in [-0.05, 0) is 39.0 Å². The lowest BCUT2D eigenvalue weighted by Gasteiger charge is -2.38. The summed E-state index contributed by atoms with van der Waals surface area (Å²) < 4.78 is 5.52. The molecule has 2 rings (SSSR count). The predicted molar refractivity (Wildman–Crippen MR) is 71.6 cm³/mol. The summed E-state index contributed by atoms with van der Waals surface area (Å²) in [5, 5.41) is 2.90. The molecule has 0 aromatic rings. The molecule has 1 N–H and O–H groups in total. The van der Waals surface area contributed by atoms with E-state index < -0.39 is 0 Å². The summed E-state index contributed by atoms with van der Waals surface area (Å²) in [7, 11) is 0. The van der Waals surface area contributed by atoms with Gasteiger partial charge < -0.3 is 15.0 Å². The van der Waals surface area contributed by atoms with Crippen LogP contribution in [-0.4, -0.2) is 48.6 Å². The minimum Gasteiger partial charge on any atom is -0.366 e. The fourth-order valence-electron chi connectivity index (χ4n) is 2.71. The number of ether oxygens (including phenoxy) is 1. The van der Waals surface area contributed by atoms with Crippen molar-refractivity contribution in [3.8, 4) is 0 Å². The van der Waals surface area contributed by atoms with Crippen molar-refractivity contribution in [3.05, 3.63) is 0 Å². The molecule has 0 radical (unpaired) electrons. The summed E-state index contributed by atoms with van der Waals surface area (Å²) in [5.41, 5.74) is -0.187. The van der Waals surface area contributed by atoms with Gasteiger partial charge in [0.25, 0.3) is 0 Å². The van der Waals surface area contributed by atoms with Crippen molar-refractivity contribution >= 4 is 11.8 Å². The highest BCUT2D eigenvalue weighted by Gasteiger charge is 2.41. The van der Waals surface area contributed by atoms with Crippen LogP contribution in [0.15, 0.2) is 0 Å². The van der Waals surface area contributed by atoms with Gasteiger partial charge in [-0.1, -0.05) is 0 Å². The Bertz CT molecular complexity index is 365. The molecule has 0 bridgehead atoms. The molecule has 5 nitrogen and oxygen atoms in total. The van der Waals surface area contributed by atoms with Crippen molar-refractivity contribution in [1.82, 2.24) is 10.2 Å². The molecule has 2 aliphatic rings. The van der Waals surface area contributed by atoms with E-state index in [2.05, 4.69) is 5.32 Å². The first kappa shape index (κ1) is 14.3. The largest absolute Gasteiger partial charge is 0.366 e. The summed E-state index contributed by atoms with van der Waals surface area (Å²) in [6, 6.07) is 0. The Morgan fingerprint density at radius 2 is 2.00 bits per heavy atom. The molecule has 0 aliphatic carbocycles. The highest BCUT2D eigenvalue weighted by atomic mass is 16.5. The molecular formula is C14H24N2O3. The lowest BCUT2D eigenvalue weighted by molar-refractivity contribution is -0.143. The number of hydrogen-bond donors (Lipinski definition) is 1. The second-order valence-corrected chi connectivity index (χ2v) is 6.74. The monoisotopic (exact) mass is 268 g/mol. The zero-order chi connectivity index (χ0) is 14.1. The molecule has 0 aromatic carbocycles. The van der Waals surface area contributed by atoms with Crippen LogP contribution in [0.25, 0.3) is 0 Å².